The van der Waals surface area contributed by atoms with Crippen LogP contribution in [0.15, 0.2) is 18.2 Å². The molecule has 0 unspecified atom stereocenters. The number of nitrogens with two attached hydrogens (primary N) is 1. The Balaban J connectivity index is 2.94. The second kappa shape index (κ2) is 9.44. The van der Waals surface area contributed by atoms with Gasteiger partial charge in [-0.15, -0.1) is 0 Å². The van der Waals surface area contributed by atoms with Crippen molar-refractivity contribution in [1.29, 1.82) is 0 Å². The molecule has 21 heavy (non-hydrogen) atoms. The van der Waals surface area contributed by atoms with E-state index < -0.39 is 0 Å². The third-order valence-electron chi connectivity index (χ3n) is 3.21. The standard InChI is InChI=1S/C17H23ClN2O/c1-3-6-14(7-4-2)17(21)20-16-12-15(18)10-9-13(16)8-5-11-19/h9-10,12,14H,3-4,6-7,11,19H2,1-2H3,(H,20,21). The zero-order chi connectivity index (χ0) is 15.7. The molecule has 0 saturated heterocycles. The van der Waals surface area contributed by atoms with Gasteiger partial charge in [-0.2, -0.15) is 0 Å². The van der Waals surface area contributed by atoms with Crippen LogP contribution in [0.2, 0.25) is 5.02 Å². The van der Waals surface area contributed by atoms with Crippen LogP contribution in [0.1, 0.15) is 45.1 Å². The quantitative estimate of drug-likeness (QED) is 0.785. The first-order chi connectivity index (χ1) is 10.1. The molecule has 0 aliphatic heterocycles. The molecule has 0 aromatic heterocycles. The third kappa shape index (κ3) is 5.79. The zero-order valence-corrected chi connectivity index (χ0v) is 13.5. The van der Waals surface area contributed by atoms with Crippen LogP contribution in [0.5, 0.6) is 0 Å². The summed E-state index contributed by atoms with van der Waals surface area (Å²) in [5.74, 6) is 5.84. The summed E-state index contributed by atoms with van der Waals surface area (Å²) in [7, 11) is 0. The Bertz CT molecular complexity index is 525. The lowest BCUT2D eigenvalue weighted by molar-refractivity contribution is -0.120. The Morgan fingerprint density at radius 1 is 1.33 bits per heavy atom. The third-order valence-corrected chi connectivity index (χ3v) is 3.44. The maximum atomic E-state index is 12.4. The molecule has 0 aliphatic rings. The topological polar surface area (TPSA) is 55.1 Å². The molecule has 0 radical (unpaired) electrons. The second-order valence-electron chi connectivity index (χ2n) is 4.96. The smallest absolute Gasteiger partial charge is 0.227 e. The predicted molar refractivity (Wildman–Crippen MR) is 89.3 cm³/mol. The lowest BCUT2D eigenvalue weighted by atomic mass is 9.97. The van der Waals surface area contributed by atoms with Crippen LogP contribution in [0.25, 0.3) is 0 Å². The summed E-state index contributed by atoms with van der Waals surface area (Å²) in [6.07, 6.45) is 3.77. The van der Waals surface area contributed by atoms with E-state index >= 15 is 0 Å². The zero-order valence-electron chi connectivity index (χ0n) is 12.7. The molecule has 4 heteroatoms. The van der Waals surface area contributed by atoms with Crippen LogP contribution < -0.4 is 11.1 Å². The summed E-state index contributed by atoms with van der Waals surface area (Å²) < 4.78 is 0. The van der Waals surface area contributed by atoms with Crippen molar-refractivity contribution in [1.82, 2.24) is 0 Å². The van der Waals surface area contributed by atoms with Crippen molar-refractivity contribution >= 4 is 23.2 Å². The fraction of sp³-hybridized carbons (Fsp3) is 0.471. The van der Waals surface area contributed by atoms with E-state index in [2.05, 4.69) is 31.0 Å². The fourth-order valence-electron chi connectivity index (χ4n) is 2.21. The number of anilines is 1. The summed E-state index contributed by atoms with van der Waals surface area (Å²) in [4.78, 5) is 12.4. The van der Waals surface area contributed by atoms with Crippen LogP contribution >= 0.6 is 11.6 Å². The number of carbonyl (C=O) groups excluding carboxylic acids is 1. The van der Waals surface area contributed by atoms with Gasteiger partial charge in [-0.25, -0.2) is 0 Å². The first kappa shape index (κ1) is 17.6. The molecule has 0 bridgehead atoms. The summed E-state index contributed by atoms with van der Waals surface area (Å²) >= 11 is 6.01. The first-order valence-corrected chi connectivity index (χ1v) is 7.79. The maximum absolute atomic E-state index is 12.4. The van der Waals surface area contributed by atoms with Crippen molar-refractivity contribution in [3.05, 3.63) is 28.8 Å². The van der Waals surface area contributed by atoms with E-state index in [1.165, 1.54) is 0 Å². The van der Waals surface area contributed by atoms with Gasteiger partial charge in [-0.1, -0.05) is 50.1 Å². The molecular formula is C17H23ClN2O. The molecule has 1 aromatic rings. The van der Waals surface area contributed by atoms with Crippen LogP contribution in [0.3, 0.4) is 0 Å². The monoisotopic (exact) mass is 306 g/mol. The Hall–Kier alpha value is -1.50. The molecular weight excluding hydrogens is 284 g/mol. The summed E-state index contributed by atoms with van der Waals surface area (Å²) in [6, 6.07) is 5.29. The number of nitrogens with one attached hydrogen (secondary N) is 1. The Morgan fingerprint density at radius 3 is 2.57 bits per heavy atom. The van der Waals surface area contributed by atoms with Crippen LogP contribution in [-0.2, 0) is 4.79 Å². The van der Waals surface area contributed by atoms with Gasteiger partial charge in [-0.05, 0) is 31.0 Å². The van der Waals surface area contributed by atoms with Crippen molar-refractivity contribution < 1.29 is 4.79 Å². The molecule has 1 rings (SSSR count). The van der Waals surface area contributed by atoms with Gasteiger partial charge in [-0.3, -0.25) is 4.79 Å². The van der Waals surface area contributed by atoms with Gasteiger partial charge in [0.15, 0.2) is 0 Å². The number of rotatable bonds is 6. The van der Waals surface area contributed by atoms with Crippen molar-refractivity contribution in [3.63, 3.8) is 0 Å². The van der Waals surface area contributed by atoms with Crippen LogP contribution in [0, 0.1) is 17.8 Å². The highest BCUT2D eigenvalue weighted by Gasteiger charge is 2.17. The lowest BCUT2D eigenvalue weighted by Crippen LogP contribution is -2.23. The number of amides is 1. The van der Waals surface area contributed by atoms with Crippen molar-refractivity contribution in [2.75, 3.05) is 11.9 Å². The van der Waals surface area contributed by atoms with Gasteiger partial charge in [0.05, 0.1) is 12.2 Å². The van der Waals surface area contributed by atoms with Crippen LogP contribution in [0.4, 0.5) is 5.69 Å². The number of hydrogen-bond acceptors (Lipinski definition) is 2. The van der Waals surface area contributed by atoms with Gasteiger partial charge in [0.2, 0.25) is 5.91 Å². The molecule has 1 amide bonds. The van der Waals surface area contributed by atoms with E-state index in [1.807, 2.05) is 0 Å². The predicted octanol–water partition coefficient (Wildman–Crippen LogP) is 3.81. The highest BCUT2D eigenvalue weighted by atomic mass is 35.5. The molecule has 0 fully saturated rings. The van der Waals surface area contributed by atoms with Crippen molar-refractivity contribution in [3.8, 4) is 11.8 Å². The van der Waals surface area contributed by atoms with Crippen molar-refractivity contribution in [2.45, 2.75) is 39.5 Å². The van der Waals surface area contributed by atoms with Crippen molar-refractivity contribution in [2.24, 2.45) is 11.7 Å². The van der Waals surface area contributed by atoms with Gasteiger partial charge in [0, 0.05) is 16.5 Å². The molecule has 1 aromatic carbocycles. The average molecular weight is 307 g/mol. The molecule has 0 saturated carbocycles. The SMILES string of the molecule is CCCC(CCC)C(=O)Nc1cc(Cl)ccc1C#CCN. The summed E-state index contributed by atoms with van der Waals surface area (Å²) in [5.41, 5.74) is 6.80. The molecule has 3 N–H and O–H groups in total. The second-order valence-corrected chi connectivity index (χ2v) is 5.40. The lowest BCUT2D eigenvalue weighted by Gasteiger charge is -2.16. The Kier molecular flexibility index (Phi) is 7.89. The van der Waals surface area contributed by atoms with E-state index in [4.69, 9.17) is 17.3 Å². The molecule has 114 valence electrons. The average Bonchev–Trinajstić information content (AvgIpc) is 2.46. The highest BCUT2D eigenvalue weighted by molar-refractivity contribution is 6.31. The van der Waals surface area contributed by atoms with Gasteiger partial charge in [0.25, 0.3) is 0 Å². The van der Waals surface area contributed by atoms with E-state index in [9.17, 15) is 4.79 Å². The molecule has 0 atom stereocenters. The largest absolute Gasteiger partial charge is 0.325 e. The normalized spacial score (nSPS) is 10.1. The van der Waals surface area contributed by atoms with E-state index in [0.29, 0.717) is 10.7 Å². The van der Waals surface area contributed by atoms with E-state index in [0.717, 1.165) is 31.2 Å². The highest BCUT2D eigenvalue weighted by Crippen LogP contribution is 2.23. The van der Waals surface area contributed by atoms with E-state index in [1.54, 1.807) is 18.2 Å². The van der Waals surface area contributed by atoms with Gasteiger partial charge < -0.3 is 11.1 Å². The molecule has 0 heterocycles. The Morgan fingerprint density at radius 2 is 2.00 bits per heavy atom. The minimum absolute atomic E-state index is 0.0364. The summed E-state index contributed by atoms with van der Waals surface area (Å²) in [5, 5.41) is 3.54. The minimum Gasteiger partial charge on any atom is -0.325 e. The molecule has 3 nitrogen and oxygen atoms in total. The maximum Gasteiger partial charge on any atom is 0.227 e. The van der Waals surface area contributed by atoms with E-state index in [-0.39, 0.29) is 18.4 Å². The fourth-order valence-corrected chi connectivity index (χ4v) is 2.39. The van der Waals surface area contributed by atoms with Gasteiger partial charge in [0.1, 0.15) is 0 Å². The molecule has 0 spiro atoms. The Labute approximate surface area is 132 Å². The van der Waals surface area contributed by atoms with Crippen LogP contribution in [-0.4, -0.2) is 12.5 Å². The number of hydrogen-bond donors (Lipinski definition) is 2. The number of benzene rings is 1. The van der Waals surface area contributed by atoms with Gasteiger partial charge >= 0.3 is 0 Å². The minimum atomic E-state index is 0.0364. The number of halogens is 1. The first-order valence-electron chi connectivity index (χ1n) is 7.41. The summed E-state index contributed by atoms with van der Waals surface area (Å²) in [6.45, 7) is 4.46. The molecule has 0 aliphatic carbocycles. The number of carbonyl (C=O) groups is 1.